The van der Waals surface area contributed by atoms with Gasteiger partial charge in [-0.3, -0.25) is 0 Å². The number of rotatable bonds is 5. The molecular formula is C19H22O4. The molecule has 2 aromatic carbocycles. The number of aliphatic hydroxyl groups is 1. The van der Waals surface area contributed by atoms with Crippen LogP contribution in [0, 0.1) is 0 Å². The number of methoxy groups -OCH3 is 2. The molecule has 23 heavy (non-hydrogen) atoms. The summed E-state index contributed by atoms with van der Waals surface area (Å²) in [5.41, 5.74) is 2.79. The van der Waals surface area contributed by atoms with Crippen LogP contribution >= 0.6 is 0 Å². The van der Waals surface area contributed by atoms with Gasteiger partial charge in [0.2, 0.25) is 0 Å². The van der Waals surface area contributed by atoms with E-state index < -0.39 is 6.10 Å². The number of hydrogen-bond acceptors (Lipinski definition) is 4. The van der Waals surface area contributed by atoms with Gasteiger partial charge in [-0.2, -0.15) is 0 Å². The molecule has 0 saturated carbocycles. The second-order valence-corrected chi connectivity index (χ2v) is 5.69. The molecule has 2 atom stereocenters. The van der Waals surface area contributed by atoms with Crippen molar-refractivity contribution in [1.29, 1.82) is 0 Å². The van der Waals surface area contributed by atoms with Crippen molar-refractivity contribution in [2.75, 3.05) is 20.8 Å². The average molecular weight is 314 g/mol. The second kappa shape index (κ2) is 7.02. The Labute approximate surface area is 136 Å². The summed E-state index contributed by atoms with van der Waals surface area (Å²) in [7, 11) is 3.18. The summed E-state index contributed by atoms with van der Waals surface area (Å²) in [6, 6.07) is 13.4. The maximum absolute atomic E-state index is 10.6. The van der Waals surface area contributed by atoms with Crippen molar-refractivity contribution in [3.8, 4) is 11.5 Å². The molecule has 2 aromatic rings. The lowest BCUT2D eigenvalue weighted by atomic mass is 9.98. The smallest absolute Gasteiger partial charge is 0.161 e. The highest BCUT2D eigenvalue weighted by Gasteiger charge is 2.19. The van der Waals surface area contributed by atoms with Crippen LogP contribution < -0.4 is 9.47 Å². The summed E-state index contributed by atoms with van der Waals surface area (Å²) in [6.07, 6.45) is 1.67. The van der Waals surface area contributed by atoms with E-state index in [1.807, 2.05) is 30.3 Å². The van der Waals surface area contributed by atoms with E-state index in [0.29, 0.717) is 11.5 Å². The minimum absolute atomic E-state index is 0.197. The van der Waals surface area contributed by atoms with Gasteiger partial charge in [0.1, 0.15) is 6.10 Å². The van der Waals surface area contributed by atoms with Crippen molar-refractivity contribution >= 4 is 0 Å². The molecular weight excluding hydrogens is 292 g/mol. The fourth-order valence-corrected chi connectivity index (χ4v) is 2.95. The molecule has 1 aliphatic rings. The zero-order chi connectivity index (χ0) is 16.2. The van der Waals surface area contributed by atoms with Crippen LogP contribution in [0.3, 0.4) is 0 Å². The first kappa shape index (κ1) is 15.8. The zero-order valence-corrected chi connectivity index (χ0v) is 13.5. The molecule has 2 unspecified atom stereocenters. The fourth-order valence-electron chi connectivity index (χ4n) is 2.95. The van der Waals surface area contributed by atoms with Crippen LogP contribution in [0.2, 0.25) is 0 Å². The molecule has 1 saturated heterocycles. The molecule has 4 nitrogen and oxygen atoms in total. The Morgan fingerprint density at radius 1 is 1.00 bits per heavy atom. The van der Waals surface area contributed by atoms with Crippen molar-refractivity contribution < 1.29 is 19.3 Å². The molecule has 0 aliphatic carbocycles. The molecule has 0 aromatic heterocycles. The van der Waals surface area contributed by atoms with Gasteiger partial charge in [-0.15, -0.1) is 0 Å². The third-order valence-electron chi connectivity index (χ3n) is 4.28. The van der Waals surface area contributed by atoms with Gasteiger partial charge >= 0.3 is 0 Å². The highest BCUT2D eigenvalue weighted by atomic mass is 16.5. The Morgan fingerprint density at radius 3 is 2.30 bits per heavy atom. The normalized spacial score (nSPS) is 18.7. The second-order valence-electron chi connectivity index (χ2n) is 5.69. The van der Waals surface area contributed by atoms with E-state index in [0.717, 1.165) is 30.6 Å². The lowest BCUT2D eigenvalue weighted by Gasteiger charge is -2.16. The number of ether oxygens (including phenoxy) is 3. The summed E-state index contributed by atoms with van der Waals surface area (Å²) in [4.78, 5) is 0. The van der Waals surface area contributed by atoms with Gasteiger partial charge in [-0.05, 0) is 41.7 Å². The zero-order valence-electron chi connectivity index (χ0n) is 13.5. The van der Waals surface area contributed by atoms with Gasteiger partial charge < -0.3 is 19.3 Å². The maximum atomic E-state index is 10.6. The largest absolute Gasteiger partial charge is 0.493 e. The van der Waals surface area contributed by atoms with Crippen LogP contribution in [-0.2, 0) is 4.74 Å². The molecule has 0 spiro atoms. The standard InChI is InChI=1S/C19H22O4/c1-21-17-10-9-15(12-18(17)22-2)19(20)14-7-5-13(6-8-14)16-4-3-11-23-16/h5-10,12,16,19-20H,3-4,11H2,1-2H3. The van der Waals surface area contributed by atoms with E-state index in [1.54, 1.807) is 26.4 Å². The number of benzene rings is 2. The van der Waals surface area contributed by atoms with Gasteiger partial charge in [0, 0.05) is 6.61 Å². The Bertz CT molecular complexity index is 645. The maximum Gasteiger partial charge on any atom is 0.161 e. The van der Waals surface area contributed by atoms with Crippen LogP contribution in [0.25, 0.3) is 0 Å². The molecule has 0 radical (unpaired) electrons. The number of aliphatic hydroxyl groups excluding tert-OH is 1. The number of hydrogen-bond donors (Lipinski definition) is 1. The van der Waals surface area contributed by atoms with E-state index in [9.17, 15) is 5.11 Å². The molecule has 1 N–H and O–H groups in total. The van der Waals surface area contributed by atoms with Crippen molar-refractivity contribution in [2.24, 2.45) is 0 Å². The monoisotopic (exact) mass is 314 g/mol. The lowest BCUT2D eigenvalue weighted by molar-refractivity contribution is 0.112. The van der Waals surface area contributed by atoms with Crippen LogP contribution in [0.1, 0.15) is 41.7 Å². The quantitative estimate of drug-likeness (QED) is 0.915. The minimum atomic E-state index is -0.701. The van der Waals surface area contributed by atoms with Gasteiger partial charge in [-0.1, -0.05) is 30.3 Å². The predicted molar refractivity (Wildman–Crippen MR) is 88.0 cm³/mol. The first-order chi connectivity index (χ1) is 11.2. The summed E-state index contributed by atoms with van der Waals surface area (Å²) < 4.78 is 16.2. The van der Waals surface area contributed by atoms with Crippen molar-refractivity contribution in [1.82, 2.24) is 0 Å². The minimum Gasteiger partial charge on any atom is -0.493 e. The topological polar surface area (TPSA) is 47.9 Å². The average Bonchev–Trinajstić information content (AvgIpc) is 3.15. The van der Waals surface area contributed by atoms with E-state index in [1.165, 1.54) is 5.56 Å². The lowest BCUT2D eigenvalue weighted by Crippen LogP contribution is -2.02. The Hall–Kier alpha value is -2.04. The van der Waals surface area contributed by atoms with Gasteiger partial charge in [-0.25, -0.2) is 0 Å². The molecule has 4 heteroatoms. The molecule has 1 fully saturated rings. The van der Waals surface area contributed by atoms with Crippen LogP contribution in [0.4, 0.5) is 0 Å². The van der Waals surface area contributed by atoms with Crippen LogP contribution in [0.5, 0.6) is 11.5 Å². The van der Waals surface area contributed by atoms with Crippen molar-refractivity contribution in [3.05, 3.63) is 59.2 Å². The molecule has 1 aliphatic heterocycles. The summed E-state index contributed by atoms with van der Waals surface area (Å²) in [5, 5.41) is 10.6. The Morgan fingerprint density at radius 2 is 1.70 bits per heavy atom. The first-order valence-corrected chi connectivity index (χ1v) is 7.84. The van der Waals surface area contributed by atoms with Gasteiger partial charge in [0.15, 0.2) is 11.5 Å². The molecule has 0 bridgehead atoms. The summed E-state index contributed by atoms with van der Waals surface area (Å²) in [5.74, 6) is 1.26. The predicted octanol–water partition coefficient (Wildman–Crippen LogP) is 3.64. The van der Waals surface area contributed by atoms with Gasteiger partial charge in [0.05, 0.1) is 20.3 Å². The fraction of sp³-hybridized carbons (Fsp3) is 0.368. The van der Waals surface area contributed by atoms with E-state index >= 15 is 0 Å². The van der Waals surface area contributed by atoms with E-state index in [2.05, 4.69) is 0 Å². The third kappa shape index (κ3) is 3.33. The van der Waals surface area contributed by atoms with E-state index in [-0.39, 0.29) is 6.10 Å². The third-order valence-corrected chi connectivity index (χ3v) is 4.28. The Kier molecular flexibility index (Phi) is 4.84. The van der Waals surface area contributed by atoms with Crippen molar-refractivity contribution in [3.63, 3.8) is 0 Å². The van der Waals surface area contributed by atoms with Crippen LogP contribution in [0.15, 0.2) is 42.5 Å². The van der Waals surface area contributed by atoms with E-state index in [4.69, 9.17) is 14.2 Å². The molecule has 0 amide bonds. The Balaban J connectivity index is 1.80. The first-order valence-electron chi connectivity index (χ1n) is 7.84. The highest BCUT2D eigenvalue weighted by molar-refractivity contribution is 5.45. The summed E-state index contributed by atoms with van der Waals surface area (Å²) in [6.45, 7) is 0.834. The van der Waals surface area contributed by atoms with Crippen molar-refractivity contribution in [2.45, 2.75) is 25.0 Å². The van der Waals surface area contributed by atoms with Crippen LogP contribution in [-0.4, -0.2) is 25.9 Å². The molecule has 1 heterocycles. The molecule has 122 valence electrons. The van der Waals surface area contributed by atoms with Gasteiger partial charge in [0.25, 0.3) is 0 Å². The highest BCUT2D eigenvalue weighted by Crippen LogP contribution is 2.33. The molecule has 3 rings (SSSR count). The summed E-state index contributed by atoms with van der Waals surface area (Å²) >= 11 is 0. The SMILES string of the molecule is COc1ccc(C(O)c2ccc(C3CCCO3)cc2)cc1OC.